The number of likely N-dealkylation sites (N-methyl/N-ethyl adjacent to an activating group) is 2. The van der Waals surface area contributed by atoms with Gasteiger partial charge >= 0.3 is 0 Å². The van der Waals surface area contributed by atoms with Crippen LogP contribution in [0.15, 0.2) is 18.2 Å². The monoisotopic (exact) mass is 299 g/mol. The van der Waals surface area contributed by atoms with Crippen molar-refractivity contribution in [2.45, 2.75) is 13.8 Å². The lowest BCUT2D eigenvalue weighted by Gasteiger charge is -2.18. The number of anilines is 1. The molecule has 0 aliphatic rings. The molecule has 0 aromatic heterocycles. The molecule has 0 saturated carbocycles. The summed E-state index contributed by atoms with van der Waals surface area (Å²) in [5.41, 5.74) is 2.84. The normalized spacial score (nSPS) is 9.60. The predicted molar refractivity (Wildman–Crippen MR) is 83.4 cm³/mol. The van der Waals surface area contributed by atoms with Crippen LogP contribution >= 0.6 is 12.4 Å². The van der Waals surface area contributed by atoms with Crippen LogP contribution in [0.4, 0.5) is 5.69 Å². The van der Waals surface area contributed by atoms with E-state index in [2.05, 4.69) is 10.6 Å². The lowest BCUT2D eigenvalue weighted by atomic mass is 10.1. The number of carbonyl (C=O) groups excluding carboxylic acids is 2. The zero-order valence-electron chi connectivity index (χ0n) is 12.3. The summed E-state index contributed by atoms with van der Waals surface area (Å²) in [5.74, 6) is -0.302. The molecule has 0 atom stereocenters. The molecule has 20 heavy (non-hydrogen) atoms. The fraction of sp³-hybridized carbons (Fsp3) is 0.429. The van der Waals surface area contributed by atoms with Crippen molar-refractivity contribution in [3.63, 3.8) is 0 Å². The summed E-state index contributed by atoms with van der Waals surface area (Å²) < 4.78 is 0. The van der Waals surface area contributed by atoms with E-state index in [-0.39, 0.29) is 37.3 Å². The molecule has 2 amide bonds. The molecule has 0 fully saturated rings. The van der Waals surface area contributed by atoms with Gasteiger partial charge in [0.25, 0.3) is 0 Å². The zero-order chi connectivity index (χ0) is 14.4. The highest BCUT2D eigenvalue weighted by Gasteiger charge is 2.13. The Morgan fingerprint density at radius 1 is 1.20 bits per heavy atom. The van der Waals surface area contributed by atoms with E-state index in [0.717, 1.165) is 16.8 Å². The largest absolute Gasteiger partial charge is 0.335 e. The van der Waals surface area contributed by atoms with Crippen LogP contribution in [0, 0.1) is 13.8 Å². The van der Waals surface area contributed by atoms with Gasteiger partial charge in [0.05, 0.1) is 13.1 Å². The standard InChI is InChI=1S/C14H21N3O2.ClH/c1-10-6-5-7-11(2)14(10)16-12(18)9-17(4)13(19)8-15-3;/h5-7,15H,8-9H2,1-4H3,(H,16,18);1H. The molecule has 1 rings (SSSR count). The summed E-state index contributed by atoms with van der Waals surface area (Å²) in [7, 11) is 3.31. The van der Waals surface area contributed by atoms with Crippen molar-refractivity contribution in [3.05, 3.63) is 29.3 Å². The maximum Gasteiger partial charge on any atom is 0.243 e. The van der Waals surface area contributed by atoms with Gasteiger partial charge in [-0.2, -0.15) is 0 Å². The molecular weight excluding hydrogens is 278 g/mol. The highest BCUT2D eigenvalue weighted by Crippen LogP contribution is 2.19. The summed E-state index contributed by atoms with van der Waals surface area (Å²) in [5, 5.41) is 5.62. The zero-order valence-corrected chi connectivity index (χ0v) is 13.1. The first-order chi connectivity index (χ1) is 8.95. The number of halogens is 1. The van der Waals surface area contributed by atoms with E-state index >= 15 is 0 Å². The summed E-state index contributed by atoms with van der Waals surface area (Å²) in [6.07, 6.45) is 0. The van der Waals surface area contributed by atoms with Crippen molar-refractivity contribution in [1.82, 2.24) is 10.2 Å². The number of hydrogen-bond donors (Lipinski definition) is 2. The van der Waals surface area contributed by atoms with Gasteiger partial charge in [-0.15, -0.1) is 12.4 Å². The number of nitrogens with one attached hydrogen (secondary N) is 2. The molecule has 2 N–H and O–H groups in total. The number of benzene rings is 1. The Hall–Kier alpha value is -1.59. The first kappa shape index (κ1) is 18.4. The molecular formula is C14H22ClN3O2. The van der Waals surface area contributed by atoms with Crippen LogP contribution in [0.1, 0.15) is 11.1 Å². The molecule has 0 unspecified atom stereocenters. The minimum atomic E-state index is -0.190. The van der Waals surface area contributed by atoms with E-state index in [1.54, 1.807) is 14.1 Å². The lowest BCUT2D eigenvalue weighted by Crippen LogP contribution is -2.39. The fourth-order valence-corrected chi connectivity index (χ4v) is 1.78. The Morgan fingerprint density at radius 3 is 2.25 bits per heavy atom. The second-order valence-electron chi connectivity index (χ2n) is 4.60. The molecule has 1 aromatic carbocycles. The average molecular weight is 300 g/mol. The van der Waals surface area contributed by atoms with Crippen molar-refractivity contribution in [2.75, 3.05) is 32.5 Å². The molecule has 6 heteroatoms. The Labute approximate surface area is 126 Å². The molecule has 0 radical (unpaired) electrons. The van der Waals surface area contributed by atoms with Crippen LogP contribution in [0.5, 0.6) is 0 Å². The molecule has 0 aliphatic carbocycles. The van der Waals surface area contributed by atoms with E-state index in [1.165, 1.54) is 4.90 Å². The minimum Gasteiger partial charge on any atom is -0.335 e. The summed E-state index contributed by atoms with van der Waals surface area (Å²) >= 11 is 0. The van der Waals surface area contributed by atoms with Crippen LogP contribution in [0.3, 0.4) is 0 Å². The average Bonchev–Trinajstić information content (AvgIpc) is 2.34. The third-order valence-electron chi connectivity index (χ3n) is 2.88. The maximum absolute atomic E-state index is 11.9. The number of para-hydroxylation sites is 1. The molecule has 0 saturated heterocycles. The van der Waals surface area contributed by atoms with Crippen molar-refractivity contribution < 1.29 is 9.59 Å². The lowest BCUT2D eigenvalue weighted by molar-refractivity contribution is -0.132. The first-order valence-corrected chi connectivity index (χ1v) is 6.20. The fourth-order valence-electron chi connectivity index (χ4n) is 1.78. The van der Waals surface area contributed by atoms with Crippen molar-refractivity contribution in [1.29, 1.82) is 0 Å². The van der Waals surface area contributed by atoms with Crippen LogP contribution in [-0.2, 0) is 9.59 Å². The van der Waals surface area contributed by atoms with Crippen LogP contribution < -0.4 is 10.6 Å². The summed E-state index contributed by atoms with van der Waals surface area (Å²) in [6, 6.07) is 5.83. The predicted octanol–water partition coefficient (Wildman–Crippen LogP) is 1.34. The van der Waals surface area contributed by atoms with Gasteiger partial charge < -0.3 is 15.5 Å². The number of carbonyl (C=O) groups is 2. The van der Waals surface area contributed by atoms with E-state index in [9.17, 15) is 9.59 Å². The number of aryl methyl sites for hydroxylation is 2. The molecule has 0 aliphatic heterocycles. The van der Waals surface area contributed by atoms with Gasteiger partial charge in [0.1, 0.15) is 0 Å². The van der Waals surface area contributed by atoms with Gasteiger partial charge in [0, 0.05) is 12.7 Å². The van der Waals surface area contributed by atoms with Gasteiger partial charge in [-0.1, -0.05) is 18.2 Å². The Balaban J connectivity index is 0.00000361. The number of nitrogens with zero attached hydrogens (tertiary/aromatic N) is 1. The number of hydrogen-bond acceptors (Lipinski definition) is 3. The van der Waals surface area contributed by atoms with Crippen molar-refractivity contribution in [2.24, 2.45) is 0 Å². The number of rotatable bonds is 5. The van der Waals surface area contributed by atoms with Gasteiger partial charge in [-0.25, -0.2) is 0 Å². The topological polar surface area (TPSA) is 61.4 Å². The second kappa shape index (κ2) is 8.55. The molecule has 0 spiro atoms. The number of amides is 2. The summed E-state index contributed by atoms with van der Waals surface area (Å²) in [6.45, 7) is 4.17. The second-order valence-corrected chi connectivity index (χ2v) is 4.60. The third kappa shape index (κ3) is 5.19. The van der Waals surface area contributed by atoms with Crippen molar-refractivity contribution in [3.8, 4) is 0 Å². The van der Waals surface area contributed by atoms with Gasteiger partial charge in [0.15, 0.2) is 0 Å². The van der Waals surface area contributed by atoms with E-state index in [4.69, 9.17) is 0 Å². The minimum absolute atomic E-state index is 0. The molecule has 112 valence electrons. The maximum atomic E-state index is 11.9. The van der Waals surface area contributed by atoms with Gasteiger partial charge in [-0.3, -0.25) is 9.59 Å². The molecule has 1 aromatic rings. The Morgan fingerprint density at radius 2 is 1.75 bits per heavy atom. The van der Waals surface area contributed by atoms with Crippen molar-refractivity contribution >= 4 is 29.9 Å². The van der Waals surface area contributed by atoms with Crippen LogP contribution in [0.2, 0.25) is 0 Å². The smallest absolute Gasteiger partial charge is 0.243 e. The quantitative estimate of drug-likeness (QED) is 0.862. The molecule has 5 nitrogen and oxygen atoms in total. The highest BCUT2D eigenvalue weighted by atomic mass is 35.5. The molecule has 0 bridgehead atoms. The van der Waals surface area contributed by atoms with E-state index < -0.39 is 0 Å². The van der Waals surface area contributed by atoms with Gasteiger partial charge in [0.2, 0.25) is 11.8 Å². The Bertz CT molecular complexity index is 457. The highest BCUT2D eigenvalue weighted by molar-refractivity contribution is 5.95. The van der Waals surface area contributed by atoms with Crippen LogP contribution in [-0.4, -0.2) is 43.9 Å². The van der Waals surface area contributed by atoms with Crippen LogP contribution in [0.25, 0.3) is 0 Å². The van der Waals surface area contributed by atoms with E-state index in [0.29, 0.717) is 0 Å². The first-order valence-electron chi connectivity index (χ1n) is 6.20. The van der Waals surface area contributed by atoms with E-state index in [1.807, 2.05) is 32.0 Å². The third-order valence-corrected chi connectivity index (χ3v) is 2.88. The van der Waals surface area contributed by atoms with Gasteiger partial charge in [-0.05, 0) is 32.0 Å². The SMILES string of the molecule is CNCC(=O)N(C)CC(=O)Nc1c(C)cccc1C.Cl. The molecule has 0 heterocycles. The Kier molecular flexibility index (Phi) is 7.87. The summed E-state index contributed by atoms with van der Waals surface area (Å²) in [4.78, 5) is 24.9.